The molecule has 0 unspecified atom stereocenters. The van der Waals surface area contributed by atoms with Crippen molar-refractivity contribution in [1.82, 2.24) is 9.78 Å². The molecule has 25 heavy (non-hydrogen) atoms. The average Bonchev–Trinajstić information content (AvgIpc) is 3.12. The van der Waals surface area contributed by atoms with E-state index < -0.39 is 0 Å². The lowest BCUT2D eigenvalue weighted by molar-refractivity contribution is 0.101. The summed E-state index contributed by atoms with van der Waals surface area (Å²) in [6, 6.07) is 15.8. The molecule has 1 aromatic heterocycles. The van der Waals surface area contributed by atoms with Gasteiger partial charge in [0.15, 0.2) is 5.78 Å². The zero-order chi connectivity index (χ0) is 17.8. The minimum Gasteiger partial charge on any atom is -0.320 e. The van der Waals surface area contributed by atoms with Crippen LogP contribution in [0.4, 0.5) is 5.69 Å². The van der Waals surface area contributed by atoms with Gasteiger partial charge < -0.3 is 5.32 Å². The van der Waals surface area contributed by atoms with Crippen LogP contribution < -0.4 is 5.32 Å². The van der Waals surface area contributed by atoms with Gasteiger partial charge in [-0.3, -0.25) is 14.3 Å². The fraction of sp³-hybridized carbons (Fsp3) is 0.105. The molecule has 5 nitrogen and oxygen atoms in total. The molecule has 126 valence electrons. The van der Waals surface area contributed by atoms with E-state index >= 15 is 0 Å². The van der Waals surface area contributed by atoms with Crippen LogP contribution in [0.1, 0.15) is 33.3 Å². The summed E-state index contributed by atoms with van der Waals surface area (Å²) in [5, 5.41) is 6.92. The first-order chi connectivity index (χ1) is 12.1. The minimum absolute atomic E-state index is 0.152. The van der Waals surface area contributed by atoms with Gasteiger partial charge in [-0.2, -0.15) is 5.10 Å². The Morgan fingerprint density at radius 3 is 2.60 bits per heavy atom. The molecule has 1 amide bonds. The number of rotatable bonds is 5. The zero-order valence-electron chi connectivity index (χ0n) is 13.6. The molecule has 0 saturated heterocycles. The Morgan fingerprint density at radius 2 is 1.88 bits per heavy atom. The molecular formula is C19H16BrN3O2. The second-order valence-corrected chi connectivity index (χ2v) is 6.29. The quantitative estimate of drug-likeness (QED) is 0.657. The van der Waals surface area contributed by atoms with E-state index in [4.69, 9.17) is 0 Å². The fourth-order valence-electron chi connectivity index (χ4n) is 2.52. The highest BCUT2D eigenvalue weighted by Crippen LogP contribution is 2.24. The fourth-order valence-corrected chi connectivity index (χ4v) is 2.88. The van der Waals surface area contributed by atoms with Crippen molar-refractivity contribution in [3.63, 3.8) is 0 Å². The molecule has 0 spiro atoms. The molecule has 0 radical (unpaired) electrons. The Hall–Kier alpha value is -2.73. The van der Waals surface area contributed by atoms with E-state index in [9.17, 15) is 9.59 Å². The van der Waals surface area contributed by atoms with Crippen molar-refractivity contribution < 1.29 is 9.59 Å². The molecule has 0 bridgehead atoms. The van der Waals surface area contributed by atoms with Crippen LogP contribution in [0, 0.1) is 0 Å². The molecule has 0 atom stereocenters. The number of aryl methyl sites for hydroxylation is 1. The number of nitrogens with zero attached hydrogens (tertiary/aromatic N) is 2. The predicted molar refractivity (Wildman–Crippen MR) is 99.9 cm³/mol. The number of nitrogens with one attached hydrogen (secondary N) is 1. The van der Waals surface area contributed by atoms with E-state index in [0.717, 1.165) is 4.47 Å². The summed E-state index contributed by atoms with van der Waals surface area (Å²) in [5.74, 6) is -0.454. The summed E-state index contributed by atoms with van der Waals surface area (Å²) < 4.78 is 2.37. The second-order valence-electron chi connectivity index (χ2n) is 5.37. The van der Waals surface area contributed by atoms with Crippen molar-refractivity contribution >= 4 is 33.3 Å². The molecule has 0 aliphatic heterocycles. The molecule has 3 rings (SSSR count). The van der Waals surface area contributed by atoms with Crippen molar-refractivity contribution in [3.8, 4) is 0 Å². The van der Waals surface area contributed by atoms with E-state index in [1.165, 1.54) is 0 Å². The maximum absolute atomic E-state index is 12.8. The number of carbonyl (C=O) groups is 2. The lowest BCUT2D eigenvalue weighted by Gasteiger charge is -2.12. The Labute approximate surface area is 153 Å². The van der Waals surface area contributed by atoms with Crippen molar-refractivity contribution in [3.05, 3.63) is 82.1 Å². The third-order valence-corrected chi connectivity index (χ3v) is 4.25. The zero-order valence-corrected chi connectivity index (χ0v) is 15.2. The number of halogens is 1. The molecular weight excluding hydrogens is 382 g/mol. The molecule has 0 fully saturated rings. The van der Waals surface area contributed by atoms with Crippen LogP contribution >= 0.6 is 15.9 Å². The molecule has 1 heterocycles. The lowest BCUT2D eigenvalue weighted by Crippen LogP contribution is -2.19. The summed E-state index contributed by atoms with van der Waals surface area (Å²) in [5.41, 5.74) is 1.90. The summed E-state index contributed by atoms with van der Waals surface area (Å²) in [6.45, 7) is 2.50. The third kappa shape index (κ3) is 3.69. The van der Waals surface area contributed by atoms with Crippen LogP contribution in [0.3, 0.4) is 0 Å². The van der Waals surface area contributed by atoms with Crippen molar-refractivity contribution in [2.24, 2.45) is 0 Å². The number of benzene rings is 2. The second kappa shape index (κ2) is 7.44. The number of anilines is 1. The molecule has 6 heteroatoms. The maximum Gasteiger partial charge on any atom is 0.273 e. The molecule has 0 aliphatic rings. The Balaban J connectivity index is 1.95. The topological polar surface area (TPSA) is 64.0 Å². The summed E-state index contributed by atoms with van der Waals surface area (Å²) in [6.07, 6.45) is 1.58. The van der Waals surface area contributed by atoms with Crippen LogP contribution in [0.2, 0.25) is 0 Å². The monoisotopic (exact) mass is 397 g/mol. The highest BCUT2D eigenvalue weighted by atomic mass is 79.9. The number of carbonyl (C=O) groups excluding carboxylic acids is 2. The van der Waals surface area contributed by atoms with Crippen LogP contribution in [-0.2, 0) is 6.54 Å². The van der Waals surface area contributed by atoms with Crippen molar-refractivity contribution in [2.75, 3.05) is 5.32 Å². The van der Waals surface area contributed by atoms with Gasteiger partial charge in [0.1, 0.15) is 5.69 Å². The van der Waals surface area contributed by atoms with E-state index in [0.29, 0.717) is 29.1 Å². The number of aromatic nitrogens is 2. The van der Waals surface area contributed by atoms with Crippen molar-refractivity contribution in [2.45, 2.75) is 13.5 Å². The van der Waals surface area contributed by atoms with Gasteiger partial charge in [-0.15, -0.1) is 0 Å². The normalized spacial score (nSPS) is 10.5. The van der Waals surface area contributed by atoms with Gasteiger partial charge in [0.2, 0.25) is 0 Å². The highest BCUT2D eigenvalue weighted by molar-refractivity contribution is 9.10. The van der Waals surface area contributed by atoms with Crippen LogP contribution in [0.15, 0.2) is 65.3 Å². The van der Waals surface area contributed by atoms with Gasteiger partial charge in [-0.05, 0) is 31.2 Å². The van der Waals surface area contributed by atoms with E-state index in [2.05, 4.69) is 26.3 Å². The van der Waals surface area contributed by atoms with Gasteiger partial charge >= 0.3 is 0 Å². The molecule has 0 aliphatic carbocycles. The Morgan fingerprint density at radius 1 is 1.12 bits per heavy atom. The van der Waals surface area contributed by atoms with Gasteiger partial charge in [-0.25, -0.2) is 0 Å². The van der Waals surface area contributed by atoms with E-state index in [1.54, 1.807) is 47.3 Å². The summed E-state index contributed by atoms with van der Waals surface area (Å²) >= 11 is 3.39. The Bertz CT molecular complexity index is 919. The number of amides is 1. The maximum atomic E-state index is 12.8. The number of hydrogen-bond acceptors (Lipinski definition) is 3. The van der Waals surface area contributed by atoms with Gasteiger partial charge in [0, 0.05) is 28.3 Å². The standard InChI is InChI=1S/C19H16BrN3O2/c1-2-23-17(10-11-21-23)19(25)22-16-9-8-14(20)12-15(16)18(24)13-6-4-3-5-7-13/h3-12H,2H2,1H3,(H,22,25). The predicted octanol–water partition coefficient (Wildman–Crippen LogP) is 4.15. The summed E-state index contributed by atoms with van der Waals surface area (Å²) in [4.78, 5) is 25.4. The van der Waals surface area contributed by atoms with Crippen LogP contribution in [0.25, 0.3) is 0 Å². The molecule has 0 saturated carbocycles. The first kappa shape index (κ1) is 17.1. The smallest absolute Gasteiger partial charge is 0.273 e. The molecule has 1 N–H and O–H groups in total. The third-order valence-electron chi connectivity index (χ3n) is 3.76. The first-order valence-corrected chi connectivity index (χ1v) is 8.62. The van der Waals surface area contributed by atoms with Gasteiger partial charge in [0.25, 0.3) is 5.91 Å². The van der Waals surface area contributed by atoms with E-state index in [-0.39, 0.29) is 11.7 Å². The summed E-state index contributed by atoms with van der Waals surface area (Å²) in [7, 11) is 0. The highest BCUT2D eigenvalue weighted by Gasteiger charge is 2.18. The number of ketones is 1. The SMILES string of the molecule is CCn1nccc1C(=O)Nc1ccc(Br)cc1C(=O)c1ccccc1. The first-order valence-electron chi connectivity index (χ1n) is 7.82. The van der Waals surface area contributed by atoms with E-state index in [1.807, 2.05) is 25.1 Å². The molecule has 2 aromatic carbocycles. The van der Waals surface area contributed by atoms with Crippen LogP contribution in [0.5, 0.6) is 0 Å². The van der Waals surface area contributed by atoms with Crippen LogP contribution in [-0.4, -0.2) is 21.5 Å². The average molecular weight is 398 g/mol. The number of hydrogen-bond donors (Lipinski definition) is 1. The van der Waals surface area contributed by atoms with Gasteiger partial charge in [0.05, 0.1) is 5.69 Å². The lowest BCUT2D eigenvalue weighted by atomic mass is 10.0. The van der Waals surface area contributed by atoms with Crippen molar-refractivity contribution in [1.29, 1.82) is 0 Å². The Kier molecular flexibility index (Phi) is 5.09. The minimum atomic E-state index is -0.302. The molecule has 3 aromatic rings. The van der Waals surface area contributed by atoms with Gasteiger partial charge in [-0.1, -0.05) is 46.3 Å². The largest absolute Gasteiger partial charge is 0.320 e.